The van der Waals surface area contributed by atoms with Crippen LogP contribution in [0.2, 0.25) is 0 Å². The first-order valence-corrected chi connectivity index (χ1v) is 7.80. The maximum atomic E-state index is 13.7. The van der Waals surface area contributed by atoms with Gasteiger partial charge in [0.05, 0.1) is 11.5 Å². The smallest absolute Gasteiger partial charge is 0.168 e. The van der Waals surface area contributed by atoms with Gasteiger partial charge in [-0.05, 0) is 6.92 Å². The number of nitrogens with one attached hydrogen (secondary N) is 1. The summed E-state index contributed by atoms with van der Waals surface area (Å²) in [6, 6.07) is 0.767. The highest BCUT2D eigenvalue weighted by Crippen LogP contribution is 2.23. The van der Waals surface area contributed by atoms with E-state index in [0.29, 0.717) is 6.54 Å². The molecule has 1 aromatic rings. The number of aromatic nitrogens is 1. The highest BCUT2D eigenvalue weighted by Gasteiger charge is 2.25. The first-order valence-electron chi connectivity index (χ1n) is 5.98. The summed E-state index contributed by atoms with van der Waals surface area (Å²) in [5.74, 6) is -1.64. The number of rotatable bonds is 3. The first kappa shape index (κ1) is 14.0. The monoisotopic (exact) mass is 291 g/mol. The summed E-state index contributed by atoms with van der Waals surface area (Å²) >= 11 is 0. The van der Waals surface area contributed by atoms with Crippen molar-refractivity contribution in [3.63, 3.8) is 0 Å². The lowest BCUT2D eigenvalue weighted by Crippen LogP contribution is -2.41. The van der Waals surface area contributed by atoms with Crippen LogP contribution in [0.15, 0.2) is 6.07 Å². The van der Waals surface area contributed by atoms with Crippen LogP contribution in [-0.2, 0) is 9.84 Å². The number of sulfone groups is 1. The van der Waals surface area contributed by atoms with Crippen molar-refractivity contribution in [2.75, 3.05) is 41.4 Å². The second-order valence-electron chi connectivity index (χ2n) is 4.29. The quantitative estimate of drug-likeness (QED) is 0.901. The Morgan fingerprint density at radius 3 is 2.53 bits per heavy atom. The fourth-order valence-corrected chi connectivity index (χ4v) is 3.10. The molecule has 0 aromatic carbocycles. The Balaban J connectivity index is 2.27. The van der Waals surface area contributed by atoms with Gasteiger partial charge >= 0.3 is 0 Å². The first-order chi connectivity index (χ1) is 8.93. The zero-order valence-electron chi connectivity index (χ0n) is 10.5. The average Bonchev–Trinajstić information content (AvgIpc) is 2.33. The van der Waals surface area contributed by atoms with Crippen LogP contribution in [0, 0.1) is 11.6 Å². The zero-order valence-corrected chi connectivity index (χ0v) is 11.3. The number of anilines is 2. The van der Waals surface area contributed by atoms with E-state index < -0.39 is 21.5 Å². The number of hydrogen-bond donors (Lipinski definition) is 1. The van der Waals surface area contributed by atoms with Gasteiger partial charge in [0.2, 0.25) is 0 Å². The number of hydrogen-bond acceptors (Lipinski definition) is 5. The van der Waals surface area contributed by atoms with Crippen molar-refractivity contribution < 1.29 is 17.2 Å². The molecule has 0 aliphatic carbocycles. The third-order valence-corrected chi connectivity index (χ3v) is 4.51. The van der Waals surface area contributed by atoms with E-state index in [1.54, 1.807) is 6.92 Å². The molecular formula is C11H15F2N3O2S. The predicted octanol–water partition coefficient (Wildman–Crippen LogP) is 1.03. The molecule has 8 heteroatoms. The summed E-state index contributed by atoms with van der Waals surface area (Å²) in [4.78, 5) is 5.43. The topological polar surface area (TPSA) is 62.3 Å². The van der Waals surface area contributed by atoms with E-state index in [2.05, 4.69) is 10.3 Å². The minimum absolute atomic E-state index is 0.00718. The van der Waals surface area contributed by atoms with Crippen molar-refractivity contribution >= 4 is 21.5 Å². The Kier molecular flexibility index (Phi) is 3.88. The molecule has 1 N–H and O–H groups in total. The van der Waals surface area contributed by atoms with E-state index in [4.69, 9.17) is 0 Å². The molecule has 1 aliphatic rings. The van der Waals surface area contributed by atoms with E-state index in [1.165, 1.54) is 4.90 Å². The van der Waals surface area contributed by atoms with Crippen molar-refractivity contribution in [1.82, 2.24) is 4.98 Å². The van der Waals surface area contributed by atoms with Gasteiger partial charge < -0.3 is 10.2 Å². The molecule has 0 atom stereocenters. The molecule has 19 heavy (non-hydrogen) atoms. The molecule has 0 saturated carbocycles. The molecule has 1 saturated heterocycles. The molecule has 0 unspecified atom stereocenters. The lowest BCUT2D eigenvalue weighted by molar-refractivity contribution is 0.563. The number of nitrogens with zero attached hydrogens (tertiary/aromatic N) is 2. The highest BCUT2D eigenvalue weighted by atomic mass is 32.2. The van der Waals surface area contributed by atoms with Gasteiger partial charge in [0, 0.05) is 25.7 Å². The van der Waals surface area contributed by atoms with Gasteiger partial charge in [0.15, 0.2) is 33.1 Å². The minimum atomic E-state index is -3.05. The molecule has 5 nitrogen and oxygen atoms in total. The van der Waals surface area contributed by atoms with Gasteiger partial charge in [0.25, 0.3) is 0 Å². The molecular weight excluding hydrogens is 276 g/mol. The minimum Gasteiger partial charge on any atom is -0.368 e. The van der Waals surface area contributed by atoms with E-state index >= 15 is 0 Å². The standard InChI is InChI=1S/C11H15F2N3O2S/c1-2-14-10-8(12)7-9(13)11(15-10)16-3-5-19(17,18)6-4-16/h7H,2-6H2,1H3,(H,14,15). The summed E-state index contributed by atoms with van der Waals surface area (Å²) < 4.78 is 49.8. The highest BCUT2D eigenvalue weighted by molar-refractivity contribution is 7.91. The van der Waals surface area contributed by atoms with Crippen molar-refractivity contribution in [2.45, 2.75) is 6.92 Å². The fourth-order valence-electron chi connectivity index (χ4n) is 1.89. The van der Waals surface area contributed by atoms with Crippen molar-refractivity contribution in [2.24, 2.45) is 0 Å². The zero-order chi connectivity index (χ0) is 14.0. The summed E-state index contributed by atoms with van der Waals surface area (Å²) in [7, 11) is -3.05. The van der Waals surface area contributed by atoms with Gasteiger partial charge in [-0.25, -0.2) is 22.2 Å². The lowest BCUT2D eigenvalue weighted by atomic mass is 10.3. The second kappa shape index (κ2) is 5.28. The Labute approximate surface area is 110 Å². The van der Waals surface area contributed by atoms with E-state index in [-0.39, 0.29) is 36.2 Å². The summed E-state index contributed by atoms with van der Waals surface area (Å²) in [6.07, 6.45) is 0. The van der Waals surface area contributed by atoms with Gasteiger partial charge in [-0.3, -0.25) is 0 Å². The molecule has 1 fully saturated rings. The van der Waals surface area contributed by atoms with Crippen LogP contribution < -0.4 is 10.2 Å². The normalized spacial score (nSPS) is 18.4. The largest absolute Gasteiger partial charge is 0.368 e. The third kappa shape index (κ3) is 3.12. The van der Waals surface area contributed by atoms with Crippen molar-refractivity contribution in [1.29, 1.82) is 0 Å². The Bertz CT molecular complexity index is 564. The van der Waals surface area contributed by atoms with Crippen LogP contribution in [0.1, 0.15) is 6.92 Å². The molecule has 0 radical (unpaired) electrons. The van der Waals surface area contributed by atoms with Crippen LogP contribution in [0.25, 0.3) is 0 Å². The number of halogens is 2. The Morgan fingerprint density at radius 2 is 1.95 bits per heavy atom. The molecule has 106 valence electrons. The summed E-state index contributed by atoms with van der Waals surface area (Å²) in [5.41, 5.74) is 0. The van der Waals surface area contributed by atoms with Crippen LogP contribution in [0.3, 0.4) is 0 Å². The van der Waals surface area contributed by atoms with Gasteiger partial charge in [0.1, 0.15) is 0 Å². The fraction of sp³-hybridized carbons (Fsp3) is 0.545. The average molecular weight is 291 g/mol. The van der Waals surface area contributed by atoms with E-state index in [0.717, 1.165) is 6.07 Å². The molecule has 1 aliphatic heterocycles. The molecule has 2 rings (SSSR count). The Hall–Kier alpha value is -1.44. The number of pyridine rings is 1. The lowest BCUT2D eigenvalue weighted by Gasteiger charge is -2.28. The van der Waals surface area contributed by atoms with Gasteiger partial charge in [-0.2, -0.15) is 0 Å². The van der Waals surface area contributed by atoms with Gasteiger partial charge in [-0.1, -0.05) is 0 Å². The van der Waals surface area contributed by atoms with Gasteiger partial charge in [-0.15, -0.1) is 0 Å². The molecule has 0 bridgehead atoms. The van der Waals surface area contributed by atoms with Crippen LogP contribution in [0.5, 0.6) is 0 Å². The SMILES string of the molecule is CCNc1nc(N2CCS(=O)(=O)CC2)c(F)cc1F. The van der Waals surface area contributed by atoms with Crippen molar-refractivity contribution in [3.8, 4) is 0 Å². The maximum Gasteiger partial charge on any atom is 0.168 e. The maximum absolute atomic E-state index is 13.7. The van der Waals surface area contributed by atoms with Crippen LogP contribution >= 0.6 is 0 Å². The third-order valence-electron chi connectivity index (χ3n) is 2.90. The summed E-state index contributed by atoms with van der Waals surface area (Å²) in [5, 5.41) is 2.70. The summed E-state index contributed by atoms with van der Waals surface area (Å²) in [6.45, 7) is 2.58. The van der Waals surface area contributed by atoms with E-state index in [1.807, 2.05) is 0 Å². The Morgan fingerprint density at radius 1 is 1.32 bits per heavy atom. The predicted molar refractivity (Wildman–Crippen MR) is 69.2 cm³/mol. The molecule has 1 aromatic heterocycles. The van der Waals surface area contributed by atoms with Crippen LogP contribution in [0.4, 0.5) is 20.4 Å². The molecule has 2 heterocycles. The molecule has 0 spiro atoms. The molecule has 0 amide bonds. The van der Waals surface area contributed by atoms with Crippen molar-refractivity contribution in [3.05, 3.63) is 17.7 Å². The second-order valence-corrected chi connectivity index (χ2v) is 6.60. The van der Waals surface area contributed by atoms with E-state index in [9.17, 15) is 17.2 Å². The van der Waals surface area contributed by atoms with Crippen LogP contribution in [-0.4, -0.2) is 44.5 Å².